The van der Waals surface area contributed by atoms with Gasteiger partial charge in [0.1, 0.15) is 0 Å². The predicted octanol–water partition coefficient (Wildman–Crippen LogP) is 1.32. The number of H-pyrrole nitrogens is 1. The van der Waals surface area contributed by atoms with E-state index in [9.17, 15) is 14.7 Å². The number of aromatic amines is 1. The highest BCUT2D eigenvalue weighted by Gasteiger charge is 2.38. The second kappa shape index (κ2) is 6.98. The first kappa shape index (κ1) is 17.4. The number of rotatable bonds is 3. The van der Waals surface area contributed by atoms with Crippen LogP contribution in [0.2, 0.25) is 0 Å². The first-order valence-corrected chi connectivity index (χ1v) is 9.21. The van der Waals surface area contributed by atoms with Gasteiger partial charge in [-0.25, -0.2) is 19.7 Å². The quantitative estimate of drug-likeness (QED) is 0.837. The fourth-order valence-corrected chi connectivity index (χ4v) is 3.81. The molecule has 27 heavy (non-hydrogen) atoms. The summed E-state index contributed by atoms with van der Waals surface area (Å²) in [4.78, 5) is 44.3. The Morgan fingerprint density at radius 3 is 2.67 bits per heavy atom. The van der Waals surface area contributed by atoms with Crippen molar-refractivity contribution in [2.75, 3.05) is 24.5 Å². The Hall–Kier alpha value is -2.97. The number of hydrogen-bond acceptors (Lipinski definition) is 6. The van der Waals surface area contributed by atoms with E-state index in [0.29, 0.717) is 35.9 Å². The number of carbonyl (C=O) groups excluding carboxylic acids is 1. The Labute approximate surface area is 156 Å². The maximum absolute atomic E-state index is 13.1. The lowest BCUT2D eigenvalue weighted by Gasteiger charge is -2.32. The standard InChI is InChI=1S/C18H22N6O3/c1-11-12(9-19-18(22-11)23-6-3-2-4-7-23)16(25)24-8-5-13-14(21-10-20-13)15(24)17(26)27/h9-10,15H,2-8H2,1H3,(H,20,21)(H,26,27)/t15-/m0/s1. The summed E-state index contributed by atoms with van der Waals surface area (Å²) in [5.74, 6) is -0.842. The zero-order chi connectivity index (χ0) is 19.0. The topological polar surface area (TPSA) is 115 Å². The van der Waals surface area contributed by atoms with Gasteiger partial charge < -0.3 is 19.9 Å². The molecular weight excluding hydrogens is 348 g/mol. The van der Waals surface area contributed by atoms with Crippen molar-refractivity contribution in [2.45, 2.75) is 38.6 Å². The lowest BCUT2D eigenvalue weighted by molar-refractivity contribution is -0.143. The minimum Gasteiger partial charge on any atom is -0.479 e. The molecule has 0 aromatic carbocycles. The van der Waals surface area contributed by atoms with Crippen LogP contribution in [0.15, 0.2) is 12.5 Å². The first-order valence-electron chi connectivity index (χ1n) is 9.21. The zero-order valence-electron chi connectivity index (χ0n) is 15.2. The largest absolute Gasteiger partial charge is 0.479 e. The summed E-state index contributed by atoms with van der Waals surface area (Å²) in [6.45, 7) is 3.91. The molecule has 4 rings (SSSR count). The van der Waals surface area contributed by atoms with E-state index in [0.717, 1.165) is 31.6 Å². The number of nitrogens with zero attached hydrogens (tertiary/aromatic N) is 5. The Morgan fingerprint density at radius 2 is 1.96 bits per heavy atom. The normalized spacial score (nSPS) is 19.7. The molecule has 0 saturated carbocycles. The van der Waals surface area contributed by atoms with Gasteiger partial charge in [-0.15, -0.1) is 0 Å². The van der Waals surface area contributed by atoms with Crippen LogP contribution in [-0.4, -0.2) is 61.5 Å². The number of amides is 1. The van der Waals surface area contributed by atoms with E-state index in [1.54, 1.807) is 6.92 Å². The highest BCUT2D eigenvalue weighted by Crippen LogP contribution is 2.29. The summed E-state index contributed by atoms with van der Waals surface area (Å²) < 4.78 is 0. The van der Waals surface area contributed by atoms with Gasteiger partial charge >= 0.3 is 5.97 Å². The van der Waals surface area contributed by atoms with E-state index in [2.05, 4.69) is 24.8 Å². The summed E-state index contributed by atoms with van der Waals surface area (Å²) in [5.41, 5.74) is 2.05. The molecular formula is C18H22N6O3. The molecule has 2 aliphatic heterocycles. The van der Waals surface area contributed by atoms with Crippen LogP contribution in [0.25, 0.3) is 0 Å². The van der Waals surface area contributed by atoms with Gasteiger partial charge in [-0.3, -0.25) is 4.79 Å². The maximum atomic E-state index is 13.1. The molecule has 2 aliphatic rings. The fourth-order valence-electron chi connectivity index (χ4n) is 3.81. The molecule has 1 amide bonds. The number of carboxylic acid groups (broad SMARTS) is 1. The number of aryl methyl sites for hydroxylation is 1. The van der Waals surface area contributed by atoms with Crippen molar-refractivity contribution in [3.63, 3.8) is 0 Å². The molecule has 2 aromatic heterocycles. The first-order chi connectivity index (χ1) is 13.1. The van der Waals surface area contributed by atoms with Gasteiger partial charge in [0.25, 0.3) is 5.91 Å². The number of hydrogen-bond donors (Lipinski definition) is 2. The highest BCUT2D eigenvalue weighted by atomic mass is 16.4. The average molecular weight is 370 g/mol. The second-order valence-electron chi connectivity index (χ2n) is 6.97. The molecule has 0 aliphatic carbocycles. The highest BCUT2D eigenvalue weighted by molar-refractivity contribution is 5.97. The third-order valence-corrected chi connectivity index (χ3v) is 5.26. The van der Waals surface area contributed by atoms with E-state index in [1.165, 1.54) is 23.8 Å². The number of carbonyl (C=O) groups is 2. The van der Waals surface area contributed by atoms with Gasteiger partial charge in [0.2, 0.25) is 5.95 Å². The van der Waals surface area contributed by atoms with Crippen LogP contribution in [0.5, 0.6) is 0 Å². The summed E-state index contributed by atoms with van der Waals surface area (Å²) in [6, 6.07) is -1.10. The molecule has 2 aromatic rings. The number of aliphatic carboxylic acids is 1. The van der Waals surface area contributed by atoms with E-state index in [4.69, 9.17) is 0 Å². The second-order valence-corrected chi connectivity index (χ2v) is 6.97. The summed E-state index contributed by atoms with van der Waals surface area (Å²) in [6.07, 6.45) is 6.97. The van der Waals surface area contributed by atoms with Gasteiger partial charge in [0.05, 0.1) is 23.3 Å². The van der Waals surface area contributed by atoms with E-state index in [-0.39, 0.29) is 5.91 Å². The molecule has 0 radical (unpaired) electrons. The molecule has 4 heterocycles. The van der Waals surface area contributed by atoms with Crippen LogP contribution in [0, 0.1) is 6.92 Å². The van der Waals surface area contributed by atoms with Crippen LogP contribution in [0.4, 0.5) is 5.95 Å². The van der Waals surface area contributed by atoms with Crippen molar-refractivity contribution in [2.24, 2.45) is 0 Å². The van der Waals surface area contributed by atoms with E-state index < -0.39 is 12.0 Å². The number of piperidine rings is 1. The monoisotopic (exact) mass is 370 g/mol. The lowest BCUT2D eigenvalue weighted by atomic mass is 10.0. The average Bonchev–Trinajstić information content (AvgIpc) is 3.15. The van der Waals surface area contributed by atoms with Crippen molar-refractivity contribution in [1.82, 2.24) is 24.8 Å². The molecule has 9 nitrogen and oxygen atoms in total. The van der Waals surface area contributed by atoms with Crippen LogP contribution in [0.1, 0.15) is 52.7 Å². The summed E-state index contributed by atoms with van der Waals surface area (Å²) in [5, 5.41) is 9.67. The zero-order valence-corrected chi connectivity index (χ0v) is 15.2. The van der Waals surface area contributed by atoms with Crippen molar-refractivity contribution in [3.8, 4) is 0 Å². The van der Waals surface area contributed by atoms with E-state index in [1.807, 2.05) is 0 Å². The molecule has 0 unspecified atom stereocenters. The van der Waals surface area contributed by atoms with Gasteiger partial charge in [-0.2, -0.15) is 0 Å². The molecule has 1 atom stereocenters. The SMILES string of the molecule is Cc1nc(N2CCCCC2)ncc1C(=O)N1CCc2[nH]cnc2[C@H]1C(=O)O. The fraction of sp³-hybridized carbons (Fsp3) is 0.500. The van der Waals surface area contributed by atoms with Gasteiger partial charge in [0, 0.05) is 37.9 Å². The number of aromatic nitrogens is 4. The van der Waals surface area contributed by atoms with Crippen LogP contribution < -0.4 is 4.90 Å². The van der Waals surface area contributed by atoms with Crippen molar-refractivity contribution >= 4 is 17.8 Å². The molecule has 1 fully saturated rings. The summed E-state index contributed by atoms with van der Waals surface area (Å²) >= 11 is 0. The third-order valence-electron chi connectivity index (χ3n) is 5.26. The minimum atomic E-state index is -1.10. The number of fused-ring (bicyclic) bond motifs is 1. The van der Waals surface area contributed by atoms with E-state index >= 15 is 0 Å². The number of anilines is 1. The number of carboxylic acids is 1. The molecule has 142 valence electrons. The Bertz CT molecular complexity index is 874. The van der Waals surface area contributed by atoms with Crippen molar-refractivity contribution < 1.29 is 14.7 Å². The van der Waals surface area contributed by atoms with Crippen molar-refractivity contribution in [3.05, 3.63) is 35.2 Å². The van der Waals surface area contributed by atoms with Crippen LogP contribution in [0.3, 0.4) is 0 Å². The molecule has 2 N–H and O–H groups in total. The number of nitrogens with one attached hydrogen (secondary N) is 1. The van der Waals surface area contributed by atoms with Crippen LogP contribution >= 0.6 is 0 Å². The van der Waals surface area contributed by atoms with Gasteiger partial charge in [-0.1, -0.05) is 0 Å². The molecule has 9 heteroatoms. The molecule has 1 saturated heterocycles. The van der Waals surface area contributed by atoms with Crippen molar-refractivity contribution in [1.29, 1.82) is 0 Å². The Morgan fingerprint density at radius 1 is 1.19 bits per heavy atom. The van der Waals surface area contributed by atoms with Gasteiger partial charge in [0.15, 0.2) is 6.04 Å². The summed E-state index contributed by atoms with van der Waals surface area (Å²) in [7, 11) is 0. The predicted molar refractivity (Wildman–Crippen MR) is 96.5 cm³/mol. The number of imidazole rings is 1. The Kier molecular flexibility index (Phi) is 4.51. The van der Waals surface area contributed by atoms with Crippen LogP contribution in [-0.2, 0) is 11.2 Å². The molecule has 0 bridgehead atoms. The maximum Gasteiger partial charge on any atom is 0.332 e. The lowest BCUT2D eigenvalue weighted by Crippen LogP contribution is -2.44. The Balaban J connectivity index is 1.61. The smallest absolute Gasteiger partial charge is 0.332 e. The van der Waals surface area contributed by atoms with Gasteiger partial charge in [-0.05, 0) is 26.2 Å². The minimum absolute atomic E-state index is 0.304. The third kappa shape index (κ3) is 3.13. The molecule has 0 spiro atoms.